The van der Waals surface area contributed by atoms with Crippen LogP contribution < -0.4 is 0 Å². The summed E-state index contributed by atoms with van der Waals surface area (Å²) in [4.78, 5) is 4.44. The molecular weight excluding hydrogens is 234 g/mol. The van der Waals surface area contributed by atoms with Crippen LogP contribution in [0.5, 0.6) is 0 Å². The van der Waals surface area contributed by atoms with Crippen LogP contribution in [0.25, 0.3) is 22.6 Å². The lowest BCUT2D eigenvalue weighted by Gasteiger charge is -1.94. The van der Waals surface area contributed by atoms with Gasteiger partial charge in [-0.1, -0.05) is 23.7 Å². The molecule has 0 aliphatic heterocycles. The third-order valence-corrected chi connectivity index (χ3v) is 2.85. The van der Waals surface area contributed by atoms with Crippen LogP contribution in [-0.2, 0) is 0 Å². The molecule has 2 aromatic carbocycles. The number of halogens is 1. The van der Waals surface area contributed by atoms with Crippen molar-refractivity contribution in [1.29, 1.82) is 0 Å². The minimum Gasteiger partial charge on any atom is -0.436 e. The second-order valence-corrected chi connectivity index (χ2v) is 4.44. The van der Waals surface area contributed by atoms with Gasteiger partial charge in [-0.2, -0.15) is 0 Å². The summed E-state index contributed by atoms with van der Waals surface area (Å²) in [6.07, 6.45) is 0. The number of aryl methyl sites for hydroxylation is 1. The molecule has 1 aromatic heterocycles. The average molecular weight is 244 g/mol. The molecule has 0 atom stereocenters. The highest BCUT2D eigenvalue weighted by Gasteiger charge is 2.08. The van der Waals surface area contributed by atoms with Crippen molar-refractivity contribution in [3.8, 4) is 11.5 Å². The van der Waals surface area contributed by atoms with E-state index in [0.29, 0.717) is 10.9 Å². The zero-order valence-corrected chi connectivity index (χ0v) is 10.0. The van der Waals surface area contributed by atoms with E-state index in [1.807, 2.05) is 49.4 Å². The fourth-order valence-electron chi connectivity index (χ4n) is 1.78. The molecule has 3 heteroatoms. The normalized spacial score (nSPS) is 10.9. The molecule has 1 heterocycles. The van der Waals surface area contributed by atoms with E-state index in [1.165, 1.54) is 0 Å². The Hall–Kier alpha value is -1.80. The molecule has 0 spiro atoms. The summed E-state index contributed by atoms with van der Waals surface area (Å²) in [7, 11) is 0. The van der Waals surface area contributed by atoms with Gasteiger partial charge < -0.3 is 4.42 Å². The summed E-state index contributed by atoms with van der Waals surface area (Å²) in [6.45, 7) is 2.03. The van der Waals surface area contributed by atoms with Crippen molar-refractivity contribution >= 4 is 22.7 Å². The van der Waals surface area contributed by atoms with Crippen LogP contribution in [0, 0.1) is 6.92 Å². The van der Waals surface area contributed by atoms with E-state index in [0.717, 1.165) is 22.2 Å². The third kappa shape index (κ3) is 1.92. The molecule has 84 valence electrons. The van der Waals surface area contributed by atoms with Gasteiger partial charge in [-0.3, -0.25) is 0 Å². The topological polar surface area (TPSA) is 26.0 Å². The fourth-order valence-corrected chi connectivity index (χ4v) is 1.97. The Morgan fingerprint density at radius 1 is 1.12 bits per heavy atom. The van der Waals surface area contributed by atoms with E-state index >= 15 is 0 Å². The molecule has 0 aliphatic rings. The second-order valence-electron chi connectivity index (χ2n) is 4.00. The molecule has 0 N–H and O–H groups in total. The molecule has 0 amide bonds. The predicted molar refractivity (Wildman–Crippen MR) is 69.2 cm³/mol. The van der Waals surface area contributed by atoms with E-state index in [4.69, 9.17) is 16.0 Å². The van der Waals surface area contributed by atoms with Crippen molar-refractivity contribution in [3.05, 3.63) is 53.1 Å². The van der Waals surface area contributed by atoms with Crippen molar-refractivity contribution in [2.75, 3.05) is 0 Å². The fraction of sp³-hybridized carbons (Fsp3) is 0.0714. The van der Waals surface area contributed by atoms with E-state index in [-0.39, 0.29) is 0 Å². The van der Waals surface area contributed by atoms with Crippen LogP contribution in [-0.4, -0.2) is 4.98 Å². The zero-order valence-electron chi connectivity index (χ0n) is 9.27. The number of benzene rings is 2. The summed E-state index contributed by atoms with van der Waals surface area (Å²) >= 11 is 5.95. The first kappa shape index (κ1) is 10.4. The van der Waals surface area contributed by atoms with Crippen molar-refractivity contribution in [3.63, 3.8) is 0 Å². The molecule has 0 bridgehead atoms. The summed E-state index contributed by atoms with van der Waals surface area (Å²) < 4.78 is 5.72. The minimum atomic E-state index is 0.605. The molecule has 0 fully saturated rings. The van der Waals surface area contributed by atoms with Crippen molar-refractivity contribution in [1.82, 2.24) is 4.98 Å². The van der Waals surface area contributed by atoms with Gasteiger partial charge in [0.15, 0.2) is 5.58 Å². The Kier molecular flexibility index (Phi) is 2.37. The molecule has 0 aliphatic carbocycles. The molecule has 0 unspecified atom stereocenters. The van der Waals surface area contributed by atoms with E-state index in [1.54, 1.807) is 0 Å². The Morgan fingerprint density at radius 3 is 2.82 bits per heavy atom. The first-order valence-corrected chi connectivity index (χ1v) is 5.73. The van der Waals surface area contributed by atoms with Gasteiger partial charge in [0, 0.05) is 10.6 Å². The van der Waals surface area contributed by atoms with Gasteiger partial charge in [-0.15, -0.1) is 0 Å². The number of fused-ring (bicyclic) bond motifs is 1. The molecule has 0 saturated carbocycles. The molecule has 3 rings (SSSR count). The molecular formula is C14H10ClNO. The van der Waals surface area contributed by atoms with E-state index in [2.05, 4.69) is 4.98 Å². The Morgan fingerprint density at radius 2 is 2.00 bits per heavy atom. The van der Waals surface area contributed by atoms with Gasteiger partial charge in [0.25, 0.3) is 0 Å². The van der Waals surface area contributed by atoms with Crippen LogP contribution in [0.4, 0.5) is 0 Å². The van der Waals surface area contributed by atoms with Crippen LogP contribution in [0.1, 0.15) is 5.56 Å². The number of oxazole rings is 1. The summed E-state index contributed by atoms with van der Waals surface area (Å²) in [6, 6.07) is 13.5. The monoisotopic (exact) mass is 243 g/mol. The van der Waals surface area contributed by atoms with Gasteiger partial charge in [0.1, 0.15) is 5.52 Å². The first-order valence-electron chi connectivity index (χ1n) is 5.35. The minimum absolute atomic E-state index is 0.605. The number of nitrogens with zero attached hydrogens (tertiary/aromatic N) is 1. The Balaban J connectivity index is 2.18. The molecule has 17 heavy (non-hydrogen) atoms. The number of hydrogen-bond donors (Lipinski definition) is 0. The zero-order chi connectivity index (χ0) is 11.8. The van der Waals surface area contributed by atoms with Crippen LogP contribution >= 0.6 is 11.6 Å². The standard InChI is InChI=1S/C14H10ClNO/c1-9-5-6-12-13(7-9)17-14(16-12)10-3-2-4-11(15)8-10/h2-8H,1H3. The average Bonchev–Trinajstić information content (AvgIpc) is 2.72. The quantitative estimate of drug-likeness (QED) is 0.631. The van der Waals surface area contributed by atoms with Gasteiger partial charge in [-0.05, 0) is 42.8 Å². The van der Waals surface area contributed by atoms with Crippen LogP contribution in [0.3, 0.4) is 0 Å². The Labute approximate surface area is 104 Å². The van der Waals surface area contributed by atoms with Crippen LogP contribution in [0.15, 0.2) is 46.9 Å². The first-order chi connectivity index (χ1) is 8.22. The van der Waals surface area contributed by atoms with Gasteiger partial charge in [-0.25, -0.2) is 4.98 Å². The maximum Gasteiger partial charge on any atom is 0.227 e. The summed E-state index contributed by atoms with van der Waals surface area (Å²) in [5.74, 6) is 0.605. The third-order valence-electron chi connectivity index (χ3n) is 2.62. The van der Waals surface area contributed by atoms with Gasteiger partial charge in [0.05, 0.1) is 0 Å². The highest BCUT2D eigenvalue weighted by Crippen LogP contribution is 2.26. The van der Waals surface area contributed by atoms with E-state index < -0.39 is 0 Å². The smallest absolute Gasteiger partial charge is 0.227 e. The summed E-state index contributed by atoms with van der Waals surface area (Å²) in [5.41, 5.74) is 3.73. The maximum atomic E-state index is 5.95. The SMILES string of the molecule is Cc1ccc2nc(-c3cccc(Cl)c3)oc2c1. The predicted octanol–water partition coefficient (Wildman–Crippen LogP) is 4.46. The number of hydrogen-bond acceptors (Lipinski definition) is 2. The largest absolute Gasteiger partial charge is 0.436 e. The number of aromatic nitrogens is 1. The lowest BCUT2D eigenvalue weighted by atomic mass is 10.2. The molecule has 0 radical (unpaired) electrons. The highest BCUT2D eigenvalue weighted by atomic mass is 35.5. The lowest BCUT2D eigenvalue weighted by Crippen LogP contribution is -1.76. The number of rotatable bonds is 1. The highest BCUT2D eigenvalue weighted by molar-refractivity contribution is 6.30. The maximum absolute atomic E-state index is 5.95. The van der Waals surface area contributed by atoms with Crippen LogP contribution in [0.2, 0.25) is 5.02 Å². The van der Waals surface area contributed by atoms with E-state index in [9.17, 15) is 0 Å². The van der Waals surface area contributed by atoms with Crippen molar-refractivity contribution in [2.45, 2.75) is 6.92 Å². The second kappa shape index (κ2) is 3.90. The van der Waals surface area contributed by atoms with Gasteiger partial charge in [0.2, 0.25) is 5.89 Å². The molecule has 2 nitrogen and oxygen atoms in total. The van der Waals surface area contributed by atoms with Crippen molar-refractivity contribution < 1.29 is 4.42 Å². The van der Waals surface area contributed by atoms with Crippen molar-refractivity contribution in [2.24, 2.45) is 0 Å². The molecule has 0 saturated heterocycles. The summed E-state index contributed by atoms with van der Waals surface area (Å²) in [5, 5.41) is 0.681. The molecule has 3 aromatic rings. The lowest BCUT2D eigenvalue weighted by molar-refractivity contribution is 0.619. The van der Waals surface area contributed by atoms with Gasteiger partial charge >= 0.3 is 0 Å². The Bertz CT molecular complexity index is 688.